The molecule has 0 aromatic heterocycles. The van der Waals surface area contributed by atoms with Crippen LogP contribution in [0.15, 0.2) is 24.3 Å². The van der Waals surface area contributed by atoms with Crippen molar-refractivity contribution in [2.75, 3.05) is 0 Å². The van der Waals surface area contributed by atoms with Gasteiger partial charge in [0.2, 0.25) is 0 Å². The van der Waals surface area contributed by atoms with Crippen molar-refractivity contribution in [3.05, 3.63) is 29.8 Å². The summed E-state index contributed by atoms with van der Waals surface area (Å²) in [7, 11) is 0. The van der Waals surface area contributed by atoms with Crippen molar-refractivity contribution in [3.63, 3.8) is 0 Å². The van der Waals surface area contributed by atoms with Gasteiger partial charge >= 0.3 is 0 Å². The molecule has 1 saturated carbocycles. The predicted octanol–water partition coefficient (Wildman–Crippen LogP) is 6.30. The zero-order chi connectivity index (χ0) is 18.0. The van der Waals surface area contributed by atoms with Gasteiger partial charge in [-0.25, -0.2) is 0 Å². The molecule has 2 aliphatic heterocycles. The zero-order valence-electron chi connectivity index (χ0n) is 15.5. The average Bonchev–Trinajstić information content (AvgIpc) is 2.94. The summed E-state index contributed by atoms with van der Waals surface area (Å²) in [5.74, 6) is 1.67. The van der Waals surface area contributed by atoms with E-state index >= 15 is 0 Å². The first kappa shape index (κ1) is 17.9. The molecule has 0 bridgehead atoms. The normalized spacial score (nSPS) is 40.6. The third kappa shape index (κ3) is 2.71. The third-order valence-corrected chi connectivity index (χ3v) is 8.50. The van der Waals surface area contributed by atoms with E-state index in [0.29, 0.717) is 17.9 Å². The van der Waals surface area contributed by atoms with Crippen molar-refractivity contribution in [2.45, 2.75) is 75.5 Å². The molecular formula is C21H28Cl2O2. The van der Waals surface area contributed by atoms with E-state index in [1.54, 1.807) is 0 Å². The second-order valence-corrected chi connectivity index (χ2v) is 10.3. The number of hydrogen-bond acceptors (Lipinski definition) is 2. The van der Waals surface area contributed by atoms with Crippen molar-refractivity contribution in [1.82, 2.24) is 0 Å². The Labute approximate surface area is 161 Å². The largest absolute Gasteiger partial charge is 0.487 e. The van der Waals surface area contributed by atoms with E-state index in [9.17, 15) is 0 Å². The molecule has 1 aromatic rings. The predicted molar refractivity (Wildman–Crippen MR) is 102 cm³/mol. The molecule has 25 heavy (non-hydrogen) atoms. The van der Waals surface area contributed by atoms with Gasteiger partial charge in [-0.1, -0.05) is 32.0 Å². The van der Waals surface area contributed by atoms with E-state index in [4.69, 9.17) is 32.7 Å². The summed E-state index contributed by atoms with van der Waals surface area (Å²) in [4.78, 5) is 0. The van der Waals surface area contributed by atoms with Gasteiger partial charge in [0.15, 0.2) is 0 Å². The average molecular weight is 383 g/mol. The summed E-state index contributed by atoms with van der Waals surface area (Å²) in [5, 5.41) is 0. The Hall–Kier alpha value is -0.440. The molecule has 4 heteroatoms. The second kappa shape index (κ2) is 5.78. The molecule has 1 aromatic carbocycles. The van der Waals surface area contributed by atoms with Crippen molar-refractivity contribution < 1.29 is 9.47 Å². The Morgan fingerprint density at radius 3 is 2.48 bits per heavy atom. The standard InChI is InChI=1S/C21H28Cl2O2/c1-13-9-10-15-18(24-13)14-7-5-6-8-16(14)25-20(15,4)12-11-17-19(2,3)21(17,22)23/h5-8,13,15,17-18H,9-12H2,1-4H3/t13-,15+,17-,18-,20-/m0/s1. The SMILES string of the molecule is C[C@H]1CC[C@@H]2[C@@H](O1)c1ccccc1O[C@@]2(C)CC[C@H]1C(C)(C)C1(Cl)Cl. The van der Waals surface area contributed by atoms with Crippen LogP contribution in [0.2, 0.25) is 0 Å². The summed E-state index contributed by atoms with van der Waals surface area (Å²) in [6.07, 6.45) is 4.59. The molecule has 5 atom stereocenters. The maximum atomic E-state index is 6.57. The molecule has 0 unspecified atom stereocenters. The molecule has 2 heterocycles. The summed E-state index contributed by atoms with van der Waals surface area (Å²) in [5.41, 5.74) is 0.949. The summed E-state index contributed by atoms with van der Waals surface area (Å²) in [6.45, 7) is 8.74. The van der Waals surface area contributed by atoms with Gasteiger partial charge < -0.3 is 9.47 Å². The van der Waals surface area contributed by atoms with Crippen molar-refractivity contribution in [1.29, 1.82) is 0 Å². The minimum atomic E-state index is -0.604. The van der Waals surface area contributed by atoms with Crippen LogP contribution < -0.4 is 4.74 Å². The van der Waals surface area contributed by atoms with Gasteiger partial charge in [0.1, 0.15) is 15.7 Å². The smallest absolute Gasteiger partial charge is 0.127 e. The number of ether oxygens (including phenoxy) is 2. The van der Waals surface area contributed by atoms with Gasteiger partial charge in [-0.15, -0.1) is 23.2 Å². The number of para-hydroxylation sites is 1. The molecule has 2 fully saturated rings. The first-order chi connectivity index (χ1) is 11.7. The molecule has 3 aliphatic rings. The lowest BCUT2D eigenvalue weighted by molar-refractivity contribution is -0.153. The molecule has 138 valence electrons. The maximum Gasteiger partial charge on any atom is 0.127 e. The van der Waals surface area contributed by atoms with E-state index in [1.165, 1.54) is 5.56 Å². The number of rotatable bonds is 3. The van der Waals surface area contributed by atoms with Crippen molar-refractivity contribution in [3.8, 4) is 5.75 Å². The van der Waals surface area contributed by atoms with Crippen LogP contribution in [0, 0.1) is 17.3 Å². The van der Waals surface area contributed by atoms with Crippen LogP contribution >= 0.6 is 23.2 Å². The first-order valence-electron chi connectivity index (χ1n) is 9.48. The lowest BCUT2D eigenvalue weighted by atomic mass is 9.72. The van der Waals surface area contributed by atoms with Crippen LogP contribution in [0.3, 0.4) is 0 Å². The number of fused-ring (bicyclic) bond motifs is 3. The van der Waals surface area contributed by atoms with Crippen LogP contribution in [0.5, 0.6) is 5.75 Å². The van der Waals surface area contributed by atoms with E-state index in [1.807, 2.05) is 6.07 Å². The minimum Gasteiger partial charge on any atom is -0.487 e. The number of benzene rings is 1. The number of alkyl halides is 2. The Kier molecular flexibility index (Phi) is 4.15. The fourth-order valence-corrected chi connectivity index (χ4v) is 5.91. The Balaban J connectivity index is 1.59. The van der Waals surface area contributed by atoms with Crippen LogP contribution in [-0.2, 0) is 4.74 Å². The van der Waals surface area contributed by atoms with Crippen LogP contribution in [-0.4, -0.2) is 16.0 Å². The van der Waals surface area contributed by atoms with E-state index in [0.717, 1.165) is 31.4 Å². The number of hydrogen-bond donors (Lipinski definition) is 0. The molecule has 0 radical (unpaired) electrons. The highest BCUT2D eigenvalue weighted by Gasteiger charge is 2.69. The maximum absolute atomic E-state index is 6.57. The highest BCUT2D eigenvalue weighted by Crippen LogP contribution is 2.70. The fraction of sp³-hybridized carbons (Fsp3) is 0.714. The molecule has 0 amide bonds. The van der Waals surface area contributed by atoms with Gasteiger partial charge in [0.05, 0.1) is 12.2 Å². The lowest BCUT2D eigenvalue weighted by Crippen LogP contribution is -2.50. The van der Waals surface area contributed by atoms with Crippen molar-refractivity contribution >= 4 is 23.2 Å². The zero-order valence-corrected chi connectivity index (χ0v) is 17.0. The van der Waals surface area contributed by atoms with E-state index < -0.39 is 4.33 Å². The van der Waals surface area contributed by atoms with Crippen LogP contribution in [0.1, 0.15) is 65.0 Å². The van der Waals surface area contributed by atoms with Gasteiger partial charge in [0.25, 0.3) is 0 Å². The molecule has 1 aliphatic carbocycles. The number of halogens is 2. The van der Waals surface area contributed by atoms with E-state index in [2.05, 4.69) is 45.9 Å². The summed E-state index contributed by atoms with van der Waals surface area (Å²) in [6, 6.07) is 8.34. The molecule has 2 nitrogen and oxygen atoms in total. The topological polar surface area (TPSA) is 18.5 Å². The summed E-state index contributed by atoms with van der Waals surface area (Å²) < 4.78 is 12.4. The van der Waals surface area contributed by atoms with E-state index in [-0.39, 0.29) is 17.1 Å². The second-order valence-electron chi connectivity index (χ2n) is 8.94. The quantitative estimate of drug-likeness (QED) is 0.570. The molecule has 0 spiro atoms. The minimum absolute atomic E-state index is 0.0178. The van der Waals surface area contributed by atoms with Gasteiger partial charge in [0, 0.05) is 22.8 Å². The van der Waals surface area contributed by atoms with Crippen molar-refractivity contribution in [2.24, 2.45) is 17.3 Å². The first-order valence-corrected chi connectivity index (χ1v) is 10.2. The highest BCUT2D eigenvalue weighted by atomic mass is 35.5. The fourth-order valence-electron chi connectivity index (χ4n) is 5.00. The molecule has 1 saturated heterocycles. The lowest BCUT2D eigenvalue weighted by Gasteiger charge is -2.50. The Morgan fingerprint density at radius 2 is 1.80 bits per heavy atom. The highest BCUT2D eigenvalue weighted by molar-refractivity contribution is 6.51. The summed E-state index contributed by atoms with van der Waals surface area (Å²) >= 11 is 13.0. The Morgan fingerprint density at radius 1 is 1.12 bits per heavy atom. The molecule has 4 rings (SSSR count). The Bertz CT molecular complexity index is 658. The van der Waals surface area contributed by atoms with Crippen LogP contribution in [0.25, 0.3) is 0 Å². The van der Waals surface area contributed by atoms with Gasteiger partial charge in [-0.3, -0.25) is 0 Å². The van der Waals surface area contributed by atoms with Gasteiger partial charge in [-0.05, 0) is 45.6 Å². The van der Waals surface area contributed by atoms with Crippen LogP contribution in [0.4, 0.5) is 0 Å². The monoisotopic (exact) mass is 382 g/mol. The molecule has 0 N–H and O–H groups in total. The third-order valence-electron chi connectivity index (χ3n) is 7.00. The van der Waals surface area contributed by atoms with Gasteiger partial charge in [-0.2, -0.15) is 0 Å². The molecular weight excluding hydrogens is 355 g/mol.